The first kappa shape index (κ1) is 20.9. The summed E-state index contributed by atoms with van der Waals surface area (Å²) in [5, 5.41) is 2.45. The maximum atomic E-state index is 11.9. The van der Waals surface area contributed by atoms with Gasteiger partial charge < -0.3 is 19.7 Å². The maximum Gasteiger partial charge on any atom is 0.407 e. The molecule has 2 amide bonds. The molecule has 0 heterocycles. The van der Waals surface area contributed by atoms with E-state index in [0.29, 0.717) is 13.1 Å². The summed E-state index contributed by atoms with van der Waals surface area (Å²) in [7, 11) is 0. The lowest BCUT2D eigenvalue weighted by Crippen LogP contribution is -2.36. The first-order valence-corrected chi connectivity index (χ1v) is 7.59. The zero-order valence-corrected chi connectivity index (χ0v) is 14.7. The minimum absolute atomic E-state index is 0.0286. The number of carbonyl (C=O) groups is 3. The van der Waals surface area contributed by atoms with Crippen molar-refractivity contribution in [3.8, 4) is 0 Å². The van der Waals surface area contributed by atoms with Gasteiger partial charge in [0.1, 0.15) is 5.60 Å². The van der Waals surface area contributed by atoms with Crippen molar-refractivity contribution in [3.05, 3.63) is 12.2 Å². The molecule has 23 heavy (non-hydrogen) atoms. The molecule has 7 nitrogen and oxygen atoms in total. The van der Waals surface area contributed by atoms with E-state index in [1.165, 1.54) is 0 Å². The Morgan fingerprint density at radius 1 is 1.22 bits per heavy atom. The topological polar surface area (TPSA) is 84.9 Å². The average molecular weight is 328 g/mol. The van der Waals surface area contributed by atoms with E-state index < -0.39 is 17.7 Å². The summed E-state index contributed by atoms with van der Waals surface area (Å²) in [5.41, 5.74) is 0.261. The van der Waals surface area contributed by atoms with Gasteiger partial charge in [0.15, 0.2) is 6.61 Å². The van der Waals surface area contributed by atoms with E-state index in [1.54, 1.807) is 25.7 Å². The van der Waals surface area contributed by atoms with Crippen molar-refractivity contribution in [2.75, 3.05) is 26.2 Å². The highest BCUT2D eigenvalue weighted by molar-refractivity contribution is 5.81. The number of hydrogen-bond acceptors (Lipinski definition) is 5. The molecule has 0 saturated carbocycles. The number of ether oxygens (including phenoxy) is 2. The Kier molecular flexibility index (Phi) is 8.98. The standard InChI is InChI=1S/C16H28N2O5/c1-7-18(10-12(2)3)13(19)11-22-14(20)8-9-17-15(21)23-16(4,5)6/h2,7-11H2,1,3-6H3,(H,17,21). The second kappa shape index (κ2) is 9.86. The second-order valence-electron chi connectivity index (χ2n) is 6.20. The zero-order valence-electron chi connectivity index (χ0n) is 14.7. The van der Waals surface area contributed by atoms with Crippen LogP contribution in [0.5, 0.6) is 0 Å². The normalized spacial score (nSPS) is 10.7. The van der Waals surface area contributed by atoms with Crippen LogP contribution in [-0.2, 0) is 19.1 Å². The number of esters is 1. The van der Waals surface area contributed by atoms with E-state index in [4.69, 9.17) is 9.47 Å². The third kappa shape index (κ3) is 11.2. The van der Waals surface area contributed by atoms with Crippen LogP contribution < -0.4 is 5.32 Å². The van der Waals surface area contributed by atoms with Crippen LogP contribution in [0.3, 0.4) is 0 Å². The molecule has 0 aromatic heterocycles. The molecular formula is C16H28N2O5. The molecule has 0 aromatic rings. The van der Waals surface area contributed by atoms with Crippen LogP contribution in [0.1, 0.15) is 41.0 Å². The van der Waals surface area contributed by atoms with Crippen LogP contribution in [-0.4, -0.2) is 54.7 Å². The first-order chi connectivity index (χ1) is 10.5. The number of nitrogens with one attached hydrogen (secondary N) is 1. The lowest BCUT2D eigenvalue weighted by Gasteiger charge is -2.21. The van der Waals surface area contributed by atoms with Gasteiger partial charge in [0.05, 0.1) is 6.42 Å². The van der Waals surface area contributed by atoms with E-state index in [9.17, 15) is 14.4 Å². The van der Waals surface area contributed by atoms with Gasteiger partial charge in [-0.1, -0.05) is 12.2 Å². The molecule has 0 rings (SSSR count). The summed E-state index contributed by atoms with van der Waals surface area (Å²) in [5.74, 6) is -0.829. The summed E-state index contributed by atoms with van der Waals surface area (Å²) in [6.45, 7) is 13.4. The largest absolute Gasteiger partial charge is 0.456 e. The zero-order chi connectivity index (χ0) is 18.0. The van der Waals surface area contributed by atoms with Crippen LogP contribution in [0.25, 0.3) is 0 Å². The molecule has 132 valence electrons. The van der Waals surface area contributed by atoms with E-state index in [2.05, 4.69) is 11.9 Å². The van der Waals surface area contributed by atoms with Crippen LogP contribution in [0, 0.1) is 0 Å². The summed E-state index contributed by atoms with van der Waals surface area (Å²) >= 11 is 0. The van der Waals surface area contributed by atoms with Crippen molar-refractivity contribution in [1.29, 1.82) is 0 Å². The third-order valence-electron chi connectivity index (χ3n) is 2.55. The summed E-state index contributed by atoms with van der Waals surface area (Å²) in [4.78, 5) is 36.3. The van der Waals surface area contributed by atoms with Gasteiger partial charge in [-0.2, -0.15) is 0 Å². The lowest BCUT2D eigenvalue weighted by atomic mass is 10.2. The first-order valence-electron chi connectivity index (χ1n) is 7.59. The molecular weight excluding hydrogens is 300 g/mol. The van der Waals surface area contributed by atoms with Gasteiger partial charge in [-0.15, -0.1) is 0 Å². The van der Waals surface area contributed by atoms with Gasteiger partial charge in [0.2, 0.25) is 0 Å². The number of hydrogen-bond donors (Lipinski definition) is 1. The van der Waals surface area contributed by atoms with Crippen LogP contribution in [0.2, 0.25) is 0 Å². The number of amides is 2. The molecule has 7 heteroatoms. The van der Waals surface area contributed by atoms with E-state index in [1.807, 2.05) is 13.8 Å². The fourth-order valence-corrected chi connectivity index (χ4v) is 1.59. The van der Waals surface area contributed by atoms with Crippen LogP contribution >= 0.6 is 0 Å². The van der Waals surface area contributed by atoms with Gasteiger partial charge in [0, 0.05) is 19.6 Å². The Labute approximate surface area is 138 Å². The predicted molar refractivity (Wildman–Crippen MR) is 86.9 cm³/mol. The summed E-state index contributed by atoms with van der Waals surface area (Å²) in [6, 6.07) is 0. The molecule has 0 saturated heterocycles. The van der Waals surface area contributed by atoms with Crippen LogP contribution in [0.15, 0.2) is 12.2 Å². The van der Waals surface area contributed by atoms with Crippen molar-refractivity contribution in [3.63, 3.8) is 0 Å². The molecule has 0 aliphatic carbocycles. The highest BCUT2D eigenvalue weighted by Gasteiger charge is 2.17. The Hall–Kier alpha value is -2.05. The third-order valence-corrected chi connectivity index (χ3v) is 2.55. The molecule has 1 N–H and O–H groups in total. The van der Waals surface area contributed by atoms with Crippen molar-refractivity contribution in [2.24, 2.45) is 0 Å². The summed E-state index contributed by atoms with van der Waals surface area (Å²) < 4.78 is 9.93. The second-order valence-corrected chi connectivity index (χ2v) is 6.20. The maximum absolute atomic E-state index is 11.9. The highest BCUT2D eigenvalue weighted by Crippen LogP contribution is 2.06. The Bertz CT molecular complexity index is 440. The van der Waals surface area contributed by atoms with Gasteiger partial charge in [-0.3, -0.25) is 9.59 Å². The number of nitrogens with zero attached hydrogens (tertiary/aromatic N) is 1. The van der Waals surface area contributed by atoms with Crippen molar-refractivity contribution >= 4 is 18.0 Å². The van der Waals surface area contributed by atoms with Gasteiger partial charge in [0.25, 0.3) is 5.91 Å². The molecule has 0 aromatic carbocycles. The monoisotopic (exact) mass is 328 g/mol. The molecule has 0 aliphatic heterocycles. The van der Waals surface area contributed by atoms with Crippen molar-refractivity contribution in [2.45, 2.75) is 46.6 Å². The fraction of sp³-hybridized carbons (Fsp3) is 0.688. The number of carbonyl (C=O) groups excluding carboxylic acids is 3. The van der Waals surface area contributed by atoms with E-state index in [-0.39, 0.29) is 25.5 Å². The quantitative estimate of drug-likeness (QED) is 0.543. The Morgan fingerprint density at radius 3 is 2.30 bits per heavy atom. The average Bonchev–Trinajstić information content (AvgIpc) is 2.39. The number of alkyl carbamates (subject to hydrolysis) is 1. The van der Waals surface area contributed by atoms with Gasteiger partial charge in [-0.05, 0) is 34.6 Å². The SMILES string of the molecule is C=C(C)CN(CC)C(=O)COC(=O)CCNC(=O)OC(C)(C)C. The van der Waals surface area contributed by atoms with E-state index in [0.717, 1.165) is 5.57 Å². The van der Waals surface area contributed by atoms with Crippen molar-refractivity contribution in [1.82, 2.24) is 10.2 Å². The van der Waals surface area contributed by atoms with Gasteiger partial charge in [-0.25, -0.2) is 4.79 Å². The minimum atomic E-state index is -0.597. The molecule has 0 atom stereocenters. The molecule has 0 unspecified atom stereocenters. The highest BCUT2D eigenvalue weighted by atomic mass is 16.6. The number of likely N-dealkylation sites (N-methyl/N-ethyl adjacent to an activating group) is 1. The molecule has 0 aliphatic rings. The molecule has 0 radical (unpaired) electrons. The van der Waals surface area contributed by atoms with Gasteiger partial charge >= 0.3 is 12.1 Å². The predicted octanol–water partition coefficient (Wildman–Crippen LogP) is 1.87. The smallest absolute Gasteiger partial charge is 0.407 e. The number of rotatable bonds is 8. The molecule has 0 fully saturated rings. The van der Waals surface area contributed by atoms with E-state index >= 15 is 0 Å². The van der Waals surface area contributed by atoms with Crippen LogP contribution in [0.4, 0.5) is 4.79 Å². The molecule has 0 bridgehead atoms. The Morgan fingerprint density at radius 2 is 1.83 bits per heavy atom. The van der Waals surface area contributed by atoms with Crippen molar-refractivity contribution < 1.29 is 23.9 Å². The Balaban J connectivity index is 4.01. The summed E-state index contributed by atoms with van der Waals surface area (Å²) in [6.07, 6.45) is -0.626. The minimum Gasteiger partial charge on any atom is -0.456 e. The molecule has 0 spiro atoms. The fourth-order valence-electron chi connectivity index (χ4n) is 1.59. The lowest BCUT2D eigenvalue weighted by molar-refractivity contribution is -0.151.